The van der Waals surface area contributed by atoms with Crippen LogP contribution in [-0.4, -0.2) is 17.1 Å². The van der Waals surface area contributed by atoms with Crippen molar-refractivity contribution < 1.29 is 0 Å². The average molecular weight is 186 g/mol. The Morgan fingerprint density at radius 1 is 1.67 bits per heavy atom. The van der Waals surface area contributed by atoms with Crippen molar-refractivity contribution in [2.24, 2.45) is 16.5 Å². The van der Waals surface area contributed by atoms with Gasteiger partial charge in [-0.3, -0.25) is 0 Å². The first-order chi connectivity index (χ1) is 5.62. The highest BCUT2D eigenvalue weighted by atomic mass is 32.2. The van der Waals surface area contributed by atoms with Gasteiger partial charge in [0, 0.05) is 6.08 Å². The second-order valence-electron chi connectivity index (χ2n) is 2.60. The Hall–Kier alpha value is -0.840. The minimum absolute atomic E-state index is 0.358. The Morgan fingerprint density at radius 2 is 2.33 bits per heavy atom. The number of rotatable bonds is 2. The maximum Gasteiger partial charge on any atom is 0.180 e. The van der Waals surface area contributed by atoms with Crippen molar-refractivity contribution in [1.82, 2.24) is 5.32 Å². The van der Waals surface area contributed by atoms with Crippen LogP contribution in [0.25, 0.3) is 0 Å². The summed E-state index contributed by atoms with van der Waals surface area (Å²) in [7, 11) is 0. The van der Waals surface area contributed by atoms with E-state index in [9.17, 15) is 0 Å². The molecule has 0 aromatic heterocycles. The molecule has 1 aliphatic heterocycles. The van der Waals surface area contributed by atoms with E-state index >= 15 is 0 Å². The molecular formula is C7H14N4S. The molecule has 5 N–H and O–H groups in total. The number of hydrogen-bond acceptors (Lipinski definition) is 5. The van der Waals surface area contributed by atoms with E-state index in [0.717, 1.165) is 6.42 Å². The molecule has 0 spiro atoms. The second-order valence-corrected chi connectivity index (χ2v) is 3.69. The molecule has 0 radical (unpaired) electrons. The van der Waals surface area contributed by atoms with E-state index in [0.29, 0.717) is 11.7 Å². The van der Waals surface area contributed by atoms with Crippen LogP contribution in [0.2, 0.25) is 0 Å². The fourth-order valence-corrected chi connectivity index (χ4v) is 1.80. The molecule has 0 fully saturated rings. The Bertz CT molecular complexity index is 230. The van der Waals surface area contributed by atoms with Gasteiger partial charge in [0.15, 0.2) is 4.99 Å². The first kappa shape index (κ1) is 9.25. The van der Waals surface area contributed by atoms with Crippen molar-refractivity contribution in [3.05, 3.63) is 11.9 Å². The molecule has 0 bridgehead atoms. The summed E-state index contributed by atoms with van der Waals surface area (Å²) in [5.41, 5.74) is 11.2. The summed E-state index contributed by atoms with van der Waals surface area (Å²) in [6.45, 7) is 2.04. The number of nitrogens with zero attached hydrogens (tertiary/aromatic N) is 1. The summed E-state index contributed by atoms with van der Waals surface area (Å²) in [5, 5.41) is 3.09. The molecule has 5 heteroatoms. The Morgan fingerprint density at radius 3 is 2.75 bits per heavy atom. The fourth-order valence-electron chi connectivity index (χ4n) is 1.10. The number of nitrogens with two attached hydrogens (primary N) is 2. The molecule has 1 atom stereocenters. The van der Waals surface area contributed by atoms with Crippen molar-refractivity contribution in [3.63, 3.8) is 0 Å². The zero-order valence-electron chi connectivity index (χ0n) is 7.29. The zero-order valence-corrected chi connectivity index (χ0v) is 8.11. The predicted octanol–water partition coefficient (Wildman–Crippen LogP) is 0.174. The van der Waals surface area contributed by atoms with Gasteiger partial charge in [0.2, 0.25) is 0 Å². The monoisotopic (exact) mass is 186 g/mol. The van der Waals surface area contributed by atoms with Crippen molar-refractivity contribution in [2.45, 2.75) is 18.3 Å². The van der Waals surface area contributed by atoms with Gasteiger partial charge < -0.3 is 16.8 Å². The van der Waals surface area contributed by atoms with Gasteiger partial charge in [0.25, 0.3) is 0 Å². The van der Waals surface area contributed by atoms with Crippen LogP contribution >= 0.6 is 11.8 Å². The van der Waals surface area contributed by atoms with E-state index in [-0.39, 0.29) is 4.99 Å². The van der Waals surface area contributed by atoms with Crippen LogP contribution in [0.4, 0.5) is 0 Å². The molecule has 1 aliphatic rings. The van der Waals surface area contributed by atoms with Gasteiger partial charge in [0.1, 0.15) is 11.7 Å². The summed E-state index contributed by atoms with van der Waals surface area (Å²) in [6.07, 6.45) is 4.46. The average Bonchev–Trinajstić information content (AvgIpc) is 2.02. The molecule has 0 aromatic carbocycles. The standard InChI is InChI=1S/C7H14N4S/c1-3-7(12-2)10-5(8)4-6(9)11-7/h4,10H,3,8H2,1-2H3,(H2,9,11). The van der Waals surface area contributed by atoms with Gasteiger partial charge >= 0.3 is 0 Å². The van der Waals surface area contributed by atoms with Crippen LogP contribution in [0.15, 0.2) is 16.9 Å². The lowest BCUT2D eigenvalue weighted by Crippen LogP contribution is -2.46. The third-order valence-corrected chi connectivity index (χ3v) is 2.93. The van der Waals surface area contributed by atoms with E-state index in [1.54, 1.807) is 17.8 Å². The number of nitrogens with one attached hydrogen (secondary N) is 1. The Kier molecular flexibility index (Phi) is 2.52. The predicted molar refractivity (Wildman–Crippen MR) is 53.6 cm³/mol. The van der Waals surface area contributed by atoms with Crippen LogP contribution in [0.1, 0.15) is 13.3 Å². The molecule has 0 aromatic rings. The highest BCUT2D eigenvalue weighted by Crippen LogP contribution is 2.27. The molecule has 1 heterocycles. The van der Waals surface area contributed by atoms with Gasteiger partial charge in [-0.25, -0.2) is 4.99 Å². The maximum absolute atomic E-state index is 5.63. The van der Waals surface area contributed by atoms with Crippen LogP contribution < -0.4 is 16.8 Å². The maximum atomic E-state index is 5.63. The Labute approximate surface area is 76.5 Å². The third-order valence-electron chi connectivity index (χ3n) is 1.77. The molecule has 0 amide bonds. The molecule has 12 heavy (non-hydrogen) atoms. The van der Waals surface area contributed by atoms with Crippen molar-refractivity contribution in [3.8, 4) is 0 Å². The number of aliphatic imine (C=N–C) groups is 1. The minimum atomic E-state index is -0.358. The van der Waals surface area contributed by atoms with E-state index < -0.39 is 0 Å². The summed E-state index contributed by atoms with van der Waals surface area (Å²) < 4.78 is 0. The first-order valence-corrected chi connectivity index (χ1v) is 5.00. The second kappa shape index (κ2) is 3.26. The quantitative estimate of drug-likeness (QED) is 0.574. The van der Waals surface area contributed by atoms with Crippen LogP contribution in [0, 0.1) is 0 Å². The van der Waals surface area contributed by atoms with Crippen LogP contribution in [0.3, 0.4) is 0 Å². The lowest BCUT2D eigenvalue weighted by atomic mass is 10.3. The van der Waals surface area contributed by atoms with E-state index in [1.807, 2.05) is 13.2 Å². The SMILES string of the molecule is CCC1(SC)N=C(N)C=C(N)N1. The van der Waals surface area contributed by atoms with Gasteiger partial charge in [0.05, 0.1) is 0 Å². The summed E-state index contributed by atoms with van der Waals surface area (Å²) in [5.74, 6) is 1.07. The van der Waals surface area contributed by atoms with Crippen LogP contribution in [0.5, 0.6) is 0 Å². The fraction of sp³-hybridized carbons (Fsp3) is 0.571. The summed E-state index contributed by atoms with van der Waals surface area (Å²) in [6, 6.07) is 0. The largest absolute Gasteiger partial charge is 0.385 e. The van der Waals surface area contributed by atoms with Crippen molar-refractivity contribution in [2.75, 3.05) is 6.26 Å². The molecule has 1 unspecified atom stereocenters. The van der Waals surface area contributed by atoms with Crippen molar-refractivity contribution >= 4 is 17.6 Å². The summed E-state index contributed by atoms with van der Waals surface area (Å²) in [4.78, 5) is 3.93. The molecule has 0 aliphatic carbocycles. The number of amidine groups is 1. The topological polar surface area (TPSA) is 76.4 Å². The lowest BCUT2D eigenvalue weighted by molar-refractivity contribution is 0.510. The normalized spacial score (nSPS) is 28.8. The highest BCUT2D eigenvalue weighted by Gasteiger charge is 2.28. The first-order valence-electron chi connectivity index (χ1n) is 3.77. The molecule has 0 saturated heterocycles. The molecular weight excluding hydrogens is 172 g/mol. The summed E-state index contributed by atoms with van der Waals surface area (Å²) >= 11 is 1.60. The Balaban J connectivity index is 2.90. The van der Waals surface area contributed by atoms with E-state index in [1.165, 1.54) is 0 Å². The van der Waals surface area contributed by atoms with Gasteiger partial charge in [-0.1, -0.05) is 6.92 Å². The van der Waals surface area contributed by atoms with Gasteiger partial charge in [-0.15, -0.1) is 11.8 Å². The van der Waals surface area contributed by atoms with E-state index in [4.69, 9.17) is 11.5 Å². The lowest BCUT2D eigenvalue weighted by Gasteiger charge is -2.31. The van der Waals surface area contributed by atoms with E-state index in [2.05, 4.69) is 10.3 Å². The third kappa shape index (κ3) is 1.66. The van der Waals surface area contributed by atoms with Crippen LogP contribution in [-0.2, 0) is 0 Å². The smallest absolute Gasteiger partial charge is 0.180 e. The molecule has 1 rings (SSSR count). The van der Waals surface area contributed by atoms with Gasteiger partial charge in [-0.2, -0.15) is 0 Å². The molecule has 4 nitrogen and oxygen atoms in total. The molecule has 0 saturated carbocycles. The number of hydrogen-bond donors (Lipinski definition) is 3. The minimum Gasteiger partial charge on any atom is -0.385 e. The number of thioether (sulfide) groups is 1. The van der Waals surface area contributed by atoms with Gasteiger partial charge in [-0.05, 0) is 12.7 Å². The molecule has 68 valence electrons. The highest BCUT2D eigenvalue weighted by molar-refractivity contribution is 7.99. The zero-order chi connectivity index (χ0) is 9.19. The van der Waals surface area contributed by atoms with Crippen molar-refractivity contribution in [1.29, 1.82) is 0 Å².